The van der Waals surface area contributed by atoms with Crippen molar-refractivity contribution in [3.8, 4) is 0 Å². The lowest BCUT2D eigenvalue weighted by Crippen LogP contribution is -2.49. The second-order valence-electron chi connectivity index (χ2n) is 6.36. The molecule has 4 heteroatoms. The highest BCUT2D eigenvalue weighted by molar-refractivity contribution is 5.83. The van der Waals surface area contributed by atoms with Gasteiger partial charge < -0.3 is 9.80 Å². The minimum Gasteiger partial charge on any atom is -0.353 e. The first-order chi connectivity index (χ1) is 11.3. The van der Waals surface area contributed by atoms with Crippen molar-refractivity contribution in [1.29, 1.82) is 0 Å². The number of hydrogen-bond acceptors (Lipinski definition) is 3. The van der Waals surface area contributed by atoms with Crippen molar-refractivity contribution in [2.45, 2.75) is 12.3 Å². The summed E-state index contributed by atoms with van der Waals surface area (Å²) in [4.78, 5) is 21.4. The Bertz CT molecular complexity index is 666. The van der Waals surface area contributed by atoms with Crippen LogP contribution in [0.15, 0.2) is 54.7 Å². The Morgan fingerprint density at radius 1 is 0.957 bits per heavy atom. The zero-order chi connectivity index (χ0) is 15.6. The molecule has 2 aliphatic rings. The maximum absolute atomic E-state index is 12.7. The summed E-state index contributed by atoms with van der Waals surface area (Å²) >= 11 is 0. The summed E-state index contributed by atoms with van der Waals surface area (Å²) in [6.45, 7) is 3.33. The van der Waals surface area contributed by atoms with Crippen molar-refractivity contribution in [1.82, 2.24) is 9.88 Å². The van der Waals surface area contributed by atoms with Crippen LogP contribution in [0.3, 0.4) is 0 Å². The predicted molar refractivity (Wildman–Crippen MR) is 90.3 cm³/mol. The van der Waals surface area contributed by atoms with Gasteiger partial charge in [0.1, 0.15) is 5.82 Å². The average molecular weight is 307 g/mol. The Balaban J connectivity index is 1.34. The molecule has 0 spiro atoms. The molecular weight excluding hydrogens is 286 g/mol. The third-order valence-electron chi connectivity index (χ3n) is 4.90. The number of carbonyl (C=O) groups is 1. The van der Waals surface area contributed by atoms with E-state index in [-0.39, 0.29) is 5.92 Å². The quantitative estimate of drug-likeness (QED) is 0.874. The van der Waals surface area contributed by atoms with Gasteiger partial charge in [0.05, 0.1) is 0 Å². The molecule has 0 N–H and O–H groups in total. The van der Waals surface area contributed by atoms with E-state index in [0.29, 0.717) is 11.8 Å². The summed E-state index contributed by atoms with van der Waals surface area (Å²) < 4.78 is 0. The number of piperazine rings is 1. The van der Waals surface area contributed by atoms with Gasteiger partial charge in [-0.1, -0.05) is 36.4 Å². The number of rotatable bonds is 3. The lowest BCUT2D eigenvalue weighted by atomic mass is 10.1. The minimum absolute atomic E-state index is 0.193. The molecule has 4 nitrogen and oxygen atoms in total. The minimum atomic E-state index is 0.193. The molecule has 2 atom stereocenters. The van der Waals surface area contributed by atoms with E-state index in [1.165, 1.54) is 5.56 Å². The molecule has 1 amide bonds. The Labute approximate surface area is 136 Å². The van der Waals surface area contributed by atoms with Crippen LogP contribution in [-0.4, -0.2) is 42.0 Å². The van der Waals surface area contributed by atoms with Crippen molar-refractivity contribution < 1.29 is 4.79 Å². The van der Waals surface area contributed by atoms with Gasteiger partial charge in [0.2, 0.25) is 5.91 Å². The van der Waals surface area contributed by atoms with E-state index in [1.54, 1.807) is 0 Å². The molecule has 0 radical (unpaired) electrons. The number of aromatic nitrogens is 1. The molecule has 1 aromatic heterocycles. The summed E-state index contributed by atoms with van der Waals surface area (Å²) in [5.41, 5.74) is 1.30. The van der Waals surface area contributed by atoms with Gasteiger partial charge in [0.15, 0.2) is 0 Å². The molecule has 2 aromatic rings. The number of benzene rings is 1. The first-order valence-corrected chi connectivity index (χ1v) is 8.32. The van der Waals surface area contributed by atoms with E-state index >= 15 is 0 Å². The standard InChI is InChI=1S/C19H21N3O/c23-19(17-14-16(17)15-6-2-1-3-7-15)22-12-10-21(11-13-22)18-8-4-5-9-20-18/h1-9,16-17H,10-14H2/t16-,17-/m0/s1. The Morgan fingerprint density at radius 3 is 2.39 bits per heavy atom. The van der Waals surface area contributed by atoms with Gasteiger partial charge in [-0.05, 0) is 30.0 Å². The van der Waals surface area contributed by atoms with Crippen molar-refractivity contribution in [3.05, 3.63) is 60.3 Å². The third kappa shape index (κ3) is 2.93. The van der Waals surface area contributed by atoms with Gasteiger partial charge in [-0.3, -0.25) is 4.79 Å². The van der Waals surface area contributed by atoms with E-state index in [9.17, 15) is 4.79 Å². The highest BCUT2D eigenvalue weighted by Gasteiger charge is 2.45. The van der Waals surface area contributed by atoms with Crippen LogP contribution in [0.2, 0.25) is 0 Å². The zero-order valence-electron chi connectivity index (χ0n) is 13.1. The van der Waals surface area contributed by atoms with Crippen LogP contribution in [0.5, 0.6) is 0 Å². The summed E-state index contributed by atoms with van der Waals surface area (Å²) in [7, 11) is 0. The molecular formula is C19H21N3O. The fraction of sp³-hybridized carbons (Fsp3) is 0.368. The highest BCUT2D eigenvalue weighted by Crippen LogP contribution is 2.48. The van der Waals surface area contributed by atoms with Gasteiger partial charge in [-0.25, -0.2) is 4.98 Å². The largest absolute Gasteiger partial charge is 0.353 e. The second-order valence-corrected chi connectivity index (χ2v) is 6.36. The van der Waals surface area contributed by atoms with E-state index < -0.39 is 0 Å². The highest BCUT2D eigenvalue weighted by atomic mass is 16.2. The normalized spacial score (nSPS) is 23.7. The summed E-state index contributed by atoms with van der Waals surface area (Å²) in [6.07, 6.45) is 2.82. The van der Waals surface area contributed by atoms with E-state index in [4.69, 9.17) is 0 Å². The summed E-state index contributed by atoms with van der Waals surface area (Å²) in [5.74, 6) is 1.96. The number of amides is 1. The second kappa shape index (κ2) is 6.03. The maximum Gasteiger partial charge on any atom is 0.226 e. The van der Waals surface area contributed by atoms with E-state index in [0.717, 1.165) is 38.4 Å². The molecule has 1 aliphatic carbocycles. The van der Waals surface area contributed by atoms with E-state index in [1.807, 2.05) is 35.4 Å². The topological polar surface area (TPSA) is 36.4 Å². The lowest BCUT2D eigenvalue weighted by Gasteiger charge is -2.35. The Kier molecular flexibility index (Phi) is 3.74. The molecule has 0 unspecified atom stereocenters. The van der Waals surface area contributed by atoms with Crippen molar-refractivity contribution in [2.24, 2.45) is 5.92 Å². The number of hydrogen-bond donors (Lipinski definition) is 0. The molecule has 118 valence electrons. The first kappa shape index (κ1) is 14.2. The van der Waals surface area contributed by atoms with Gasteiger partial charge >= 0.3 is 0 Å². The Hall–Kier alpha value is -2.36. The molecule has 0 bridgehead atoms. The average Bonchev–Trinajstić information content (AvgIpc) is 3.44. The summed E-state index contributed by atoms with van der Waals surface area (Å²) in [5, 5.41) is 0. The van der Waals surface area contributed by atoms with Gasteiger partial charge in [0, 0.05) is 38.3 Å². The smallest absolute Gasteiger partial charge is 0.226 e. The fourth-order valence-corrected chi connectivity index (χ4v) is 3.47. The van der Waals surface area contributed by atoms with E-state index in [2.05, 4.69) is 34.1 Å². The molecule has 1 saturated carbocycles. The molecule has 23 heavy (non-hydrogen) atoms. The monoisotopic (exact) mass is 307 g/mol. The van der Waals surface area contributed by atoms with Crippen LogP contribution in [0.1, 0.15) is 17.9 Å². The van der Waals surface area contributed by atoms with Crippen LogP contribution in [0.4, 0.5) is 5.82 Å². The number of carbonyl (C=O) groups excluding carboxylic acids is 1. The maximum atomic E-state index is 12.7. The molecule has 1 aromatic carbocycles. The summed E-state index contributed by atoms with van der Waals surface area (Å²) in [6, 6.07) is 16.4. The lowest BCUT2D eigenvalue weighted by molar-refractivity contribution is -0.133. The van der Waals surface area contributed by atoms with Crippen molar-refractivity contribution in [3.63, 3.8) is 0 Å². The van der Waals surface area contributed by atoms with Crippen LogP contribution >= 0.6 is 0 Å². The molecule has 1 aliphatic heterocycles. The third-order valence-corrected chi connectivity index (χ3v) is 4.90. The first-order valence-electron chi connectivity index (χ1n) is 8.32. The molecule has 2 fully saturated rings. The van der Waals surface area contributed by atoms with Crippen LogP contribution in [0.25, 0.3) is 0 Å². The number of nitrogens with zero attached hydrogens (tertiary/aromatic N) is 3. The van der Waals surface area contributed by atoms with Gasteiger partial charge in [0.25, 0.3) is 0 Å². The van der Waals surface area contributed by atoms with Gasteiger partial charge in [-0.2, -0.15) is 0 Å². The number of pyridine rings is 1. The van der Waals surface area contributed by atoms with Crippen LogP contribution < -0.4 is 4.90 Å². The van der Waals surface area contributed by atoms with Crippen molar-refractivity contribution >= 4 is 11.7 Å². The zero-order valence-corrected chi connectivity index (χ0v) is 13.1. The molecule has 4 rings (SSSR count). The SMILES string of the molecule is O=C([C@H]1C[C@H]1c1ccccc1)N1CCN(c2ccccn2)CC1. The van der Waals surface area contributed by atoms with Crippen LogP contribution in [0, 0.1) is 5.92 Å². The number of anilines is 1. The fourth-order valence-electron chi connectivity index (χ4n) is 3.47. The predicted octanol–water partition coefficient (Wildman–Crippen LogP) is 2.53. The van der Waals surface area contributed by atoms with Crippen LogP contribution in [-0.2, 0) is 4.79 Å². The molecule has 1 saturated heterocycles. The van der Waals surface area contributed by atoms with Crippen molar-refractivity contribution in [2.75, 3.05) is 31.1 Å². The van der Waals surface area contributed by atoms with Gasteiger partial charge in [-0.15, -0.1) is 0 Å². The molecule has 2 heterocycles. The Morgan fingerprint density at radius 2 is 1.70 bits per heavy atom.